The molecule has 0 aromatic carbocycles. The maximum Gasteiger partial charge on any atom is 0.191 e. The molecule has 5 nitrogen and oxygen atoms in total. The number of nitrogens with zero attached hydrogens (tertiary/aromatic N) is 2. The first-order chi connectivity index (χ1) is 10.7. The Morgan fingerprint density at radius 2 is 2.05 bits per heavy atom. The van der Waals surface area contributed by atoms with E-state index >= 15 is 0 Å². The molecule has 0 aliphatic heterocycles. The Morgan fingerprint density at radius 1 is 1.32 bits per heavy atom. The van der Waals surface area contributed by atoms with Crippen molar-refractivity contribution in [3.05, 3.63) is 0 Å². The van der Waals surface area contributed by atoms with E-state index in [0.29, 0.717) is 6.04 Å². The predicted octanol–water partition coefficient (Wildman–Crippen LogP) is 2.09. The van der Waals surface area contributed by atoms with Gasteiger partial charge in [-0.15, -0.1) is 0 Å². The molecule has 1 fully saturated rings. The fourth-order valence-electron chi connectivity index (χ4n) is 2.44. The summed E-state index contributed by atoms with van der Waals surface area (Å²) in [6, 6.07) is 0.439. The highest BCUT2D eigenvalue weighted by Crippen LogP contribution is 2.28. The topological polar surface area (TPSA) is 48.9 Å². The number of aliphatic imine (C=N–C) groups is 1. The van der Waals surface area contributed by atoms with Gasteiger partial charge in [-0.25, -0.2) is 0 Å². The van der Waals surface area contributed by atoms with E-state index in [1.165, 1.54) is 25.8 Å². The van der Waals surface area contributed by atoms with Crippen molar-refractivity contribution in [3.8, 4) is 0 Å². The summed E-state index contributed by atoms with van der Waals surface area (Å²) in [6.45, 7) is 12.6. The van der Waals surface area contributed by atoms with Crippen LogP contribution >= 0.6 is 0 Å². The van der Waals surface area contributed by atoms with Crippen molar-refractivity contribution < 1.29 is 4.74 Å². The number of hydrogen-bond acceptors (Lipinski definition) is 3. The highest BCUT2D eigenvalue weighted by molar-refractivity contribution is 5.79. The van der Waals surface area contributed by atoms with Crippen LogP contribution in [-0.2, 0) is 4.74 Å². The van der Waals surface area contributed by atoms with E-state index < -0.39 is 0 Å². The Labute approximate surface area is 136 Å². The summed E-state index contributed by atoms with van der Waals surface area (Å²) in [5.41, 5.74) is 0. The molecule has 5 heteroatoms. The van der Waals surface area contributed by atoms with Crippen LogP contribution in [0, 0.1) is 5.92 Å². The van der Waals surface area contributed by atoms with E-state index in [4.69, 9.17) is 4.74 Å². The van der Waals surface area contributed by atoms with Gasteiger partial charge in [0.15, 0.2) is 5.96 Å². The molecule has 22 heavy (non-hydrogen) atoms. The molecule has 1 rings (SSSR count). The van der Waals surface area contributed by atoms with E-state index in [2.05, 4.69) is 41.3 Å². The molecule has 1 unspecified atom stereocenters. The second-order valence-electron chi connectivity index (χ2n) is 6.23. The zero-order valence-electron chi connectivity index (χ0n) is 15.0. The molecule has 0 aromatic rings. The molecule has 1 saturated carbocycles. The number of rotatable bonds is 12. The molecule has 0 aromatic heterocycles. The highest BCUT2D eigenvalue weighted by Gasteiger charge is 2.20. The van der Waals surface area contributed by atoms with Gasteiger partial charge in [-0.2, -0.15) is 0 Å². The lowest BCUT2D eigenvalue weighted by Crippen LogP contribution is -2.43. The molecular formula is C17H36N4O. The van der Waals surface area contributed by atoms with Crippen molar-refractivity contribution in [3.63, 3.8) is 0 Å². The monoisotopic (exact) mass is 312 g/mol. The lowest BCUT2D eigenvalue weighted by molar-refractivity contribution is 0.129. The van der Waals surface area contributed by atoms with Gasteiger partial charge < -0.3 is 20.3 Å². The SMILES string of the molecule is CCN(CC)CCCC(C)NC(=NC)NCCOCC1CC1. The first-order valence-corrected chi connectivity index (χ1v) is 8.96. The van der Waals surface area contributed by atoms with Crippen molar-refractivity contribution in [2.24, 2.45) is 10.9 Å². The van der Waals surface area contributed by atoms with Crippen LogP contribution in [0.2, 0.25) is 0 Å². The van der Waals surface area contributed by atoms with Crippen LogP contribution in [0.4, 0.5) is 0 Å². The van der Waals surface area contributed by atoms with E-state index in [-0.39, 0.29) is 0 Å². The summed E-state index contributed by atoms with van der Waals surface area (Å²) in [4.78, 5) is 6.75. The van der Waals surface area contributed by atoms with Crippen molar-refractivity contribution in [1.29, 1.82) is 0 Å². The molecule has 1 aliphatic carbocycles. The Hall–Kier alpha value is -0.810. The van der Waals surface area contributed by atoms with Gasteiger partial charge in [0.2, 0.25) is 0 Å². The number of guanidine groups is 1. The van der Waals surface area contributed by atoms with E-state index in [0.717, 1.165) is 51.1 Å². The van der Waals surface area contributed by atoms with Crippen LogP contribution in [0.15, 0.2) is 4.99 Å². The number of ether oxygens (including phenoxy) is 1. The normalized spacial score (nSPS) is 16.9. The third kappa shape index (κ3) is 9.26. The van der Waals surface area contributed by atoms with Gasteiger partial charge in [0.25, 0.3) is 0 Å². The predicted molar refractivity (Wildman–Crippen MR) is 94.5 cm³/mol. The Kier molecular flexibility index (Phi) is 10.2. The maximum absolute atomic E-state index is 5.62. The van der Waals surface area contributed by atoms with Gasteiger partial charge in [-0.05, 0) is 58.2 Å². The molecular weight excluding hydrogens is 276 g/mol. The van der Waals surface area contributed by atoms with Gasteiger partial charge >= 0.3 is 0 Å². The molecule has 0 saturated heterocycles. The summed E-state index contributed by atoms with van der Waals surface area (Å²) >= 11 is 0. The Balaban J connectivity index is 2.04. The number of nitrogens with one attached hydrogen (secondary N) is 2. The second-order valence-corrected chi connectivity index (χ2v) is 6.23. The first-order valence-electron chi connectivity index (χ1n) is 8.96. The average Bonchev–Trinajstić information content (AvgIpc) is 3.34. The smallest absolute Gasteiger partial charge is 0.191 e. The van der Waals surface area contributed by atoms with Gasteiger partial charge in [-0.1, -0.05) is 13.8 Å². The van der Waals surface area contributed by atoms with Crippen LogP contribution < -0.4 is 10.6 Å². The fraction of sp³-hybridized carbons (Fsp3) is 0.941. The average molecular weight is 313 g/mol. The van der Waals surface area contributed by atoms with Crippen molar-refractivity contribution in [2.45, 2.75) is 52.5 Å². The van der Waals surface area contributed by atoms with E-state index in [1.54, 1.807) is 0 Å². The quantitative estimate of drug-likeness (QED) is 0.329. The molecule has 0 spiro atoms. The van der Waals surface area contributed by atoms with Crippen LogP contribution in [0.5, 0.6) is 0 Å². The van der Waals surface area contributed by atoms with Crippen molar-refractivity contribution in [2.75, 3.05) is 46.4 Å². The molecule has 1 atom stereocenters. The number of hydrogen-bond donors (Lipinski definition) is 2. The molecule has 0 heterocycles. The maximum atomic E-state index is 5.62. The van der Waals surface area contributed by atoms with Gasteiger partial charge in [-0.3, -0.25) is 4.99 Å². The van der Waals surface area contributed by atoms with Crippen molar-refractivity contribution in [1.82, 2.24) is 15.5 Å². The van der Waals surface area contributed by atoms with Crippen LogP contribution in [0.3, 0.4) is 0 Å². The zero-order chi connectivity index (χ0) is 16.2. The molecule has 0 amide bonds. The minimum Gasteiger partial charge on any atom is -0.379 e. The minimum atomic E-state index is 0.439. The van der Waals surface area contributed by atoms with E-state index in [1.807, 2.05) is 7.05 Å². The largest absolute Gasteiger partial charge is 0.379 e. The summed E-state index contributed by atoms with van der Waals surface area (Å²) < 4.78 is 5.62. The summed E-state index contributed by atoms with van der Waals surface area (Å²) in [5, 5.41) is 6.77. The summed E-state index contributed by atoms with van der Waals surface area (Å²) in [5.74, 6) is 1.72. The molecule has 1 aliphatic rings. The van der Waals surface area contributed by atoms with Crippen molar-refractivity contribution >= 4 is 5.96 Å². The minimum absolute atomic E-state index is 0.439. The fourth-order valence-corrected chi connectivity index (χ4v) is 2.44. The molecule has 0 bridgehead atoms. The lowest BCUT2D eigenvalue weighted by Gasteiger charge is -2.21. The third-order valence-electron chi connectivity index (χ3n) is 4.20. The zero-order valence-corrected chi connectivity index (χ0v) is 15.0. The molecule has 2 N–H and O–H groups in total. The molecule has 130 valence electrons. The first kappa shape index (κ1) is 19.2. The highest BCUT2D eigenvalue weighted by atomic mass is 16.5. The van der Waals surface area contributed by atoms with Crippen LogP contribution in [0.1, 0.15) is 46.5 Å². The van der Waals surface area contributed by atoms with Gasteiger partial charge in [0, 0.05) is 26.2 Å². The van der Waals surface area contributed by atoms with E-state index in [9.17, 15) is 0 Å². The lowest BCUT2D eigenvalue weighted by atomic mass is 10.2. The standard InChI is InChI=1S/C17H36N4O/c1-5-21(6-2)12-7-8-15(3)20-17(18-4)19-11-13-22-14-16-9-10-16/h15-16H,5-14H2,1-4H3,(H2,18,19,20). The van der Waals surface area contributed by atoms with Crippen LogP contribution in [-0.4, -0.2) is 63.3 Å². The Morgan fingerprint density at radius 3 is 2.64 bits per heavy atom. The van der Waals surface area contributed by atoms with Crippen LogP contribution in [0.25, 0.3) is 0 Å². The summed E-state index contributed by atoms with van der Waals surface area (Å²) in [6.07, 6.45) is 5.08. The summed E-state index contributed by atoms with van der Waals surface area (Å²) in [7, 11) is 1.82. The molecule has 0 radical (unpaired) electrons. The third-order valence-corrected chi connectivity index (χ3v) is 4.20. The second kappa shape index (κ2) is 11.7. The van der Waals surface area contributed by atoms with Gasteiger partial charge in [0.05, 0.1) is 6.61 Å². The Bertz CT molecular complexity index is 301. The van der Waals surface area contributed by atoms with Gasteiger partial charge in [0.1, 0.15) is 0 Å².